The van der Waals surface area contributed by atoms with E-state index in [0.29, 0.717) is 11.6 Å². The predicted molar refractivity (Wildman–Crippen MR) is 67.1 cm³/mol. The van der Waals surface area contributed by atoms with E-state index >= 15 is 0 Å². The fourth-order valence-corrected chi connectivity index (χ4v) is 1.77. The fourth-order valence-electron chi connectivity index (χ4n) is 1.77. The molecule has 0 aliphatic heterocycles. The minimum absolute atomic E-state index is 0.604. The number of nitrogens with one attached hydrogen (secondary N) is 1. The normalized spacial score (nSPS) is 11.0. The van der Waals surface area contributed by atoms with Gasteiger partial charge in [0.2, 0.25) is 0 Å². The summed E-state index contributed by atoms with van der Waals surface area (Å²) in [5, 5.41) is 2.99. The molecule has 122 valence electrons. The molecule has 0 radical (unpaired) electrons. The van der Waals surface area contributed by atoms with Gasteiger partial charge in [0.05, 0.1) is 0 Å². The molecule has 0 saturated carbocycles. The summed E-state index contributed by atoms with van der Waals surface area (Å²) in [6, 6.07) is 9.87. The van der Waals surface area contributed by atoms with Crippen molar-refractivity contribution in [1.82, 2.24) is 20.1 Å². The Bertz CT molecular complexity index is 768. The zero-order chi connectivity index (χ0) is 17.0. The number of aromatic amines is 1. The van der Waals surface area contributed by atoms with Crippen molar-refractivity contribution < 1.29 is 33.4 Å². The highest BCUT2D eigenvalue weighted by molar-refractivity contribution is 5.56. The van der Waals surface area contributed by atoms with Gasteiger partial charge in [-0.25, -0.2) is 23.7 Å². The summed E-state index contributed by atoms with van der Waals surface area (Å²) in [7, 11) is -1.07. The van der Waals surface area contributed by atoms with Crippen LogP contribution in [0.1, 0.15) is 0 Å². The van der Waals surface area contributed by atoms with Crippen LogP contribution < -0.4 is 28.1 Å². The summed E-state index contributed by atoms with van der Waals surface area (Å²) in [5.41, 5.74) is 0.978. The molecule has 0 bridgehead atoms. The molecule has 1 N–H and O–H groups in total. The molecule has 0 atom stereocenters. The molecule has 2 aromatic heterocycles. The second-order valence-electron chi connectivity index (χ2n) is 4.51. The first-order chi connectivity index (χ1) is 10.8. The van der Waals surface area contributed by atoms with E-state index in [1.165, 1.54) is 0 Å². The number of H-pyrrole nitrogens is 1. The third-order valence-corrected chi connectivity index (χ3v) is 2.61. The number of benzene rings is 1. The van der Waals surface area contributed by atoms with Gasteiger partial charge in [-0.2, -0.15) is 0 Å². The predicted octanol–water partition coefficient (Wildman–Crippen LogP) is -4.08. The third-order valence-electron chi connectivity index (χ3n) is 2.61. The molecule has 0 amide bonds. The van der Waals surface area contributed by atoms with Crippen LogP contribution in [0.4, 0.5) is 5.95 Å². The Balaban J connectivity index is 0.000000338. The van der Waals surface area contributed by atoms with Gasteiger partial charge in [-0.15, -0.1) is 19.7 Å². The van der Waals surface area contributed by atoms with Crippen LogP contribution in [0.5, 0.6) is 0 Å². The monoisotopic (exact) mass is 340 g/mol. The summed E-state index contributed by atoms with van der Waals surface area (Å²) >= 11 is 0. The van der Waals surface area contributed by atoms with Crippen molar-refractivity contribution in [2.45, 2.75) is 0 Å². The maximum absolute atomic E-state index is 8.49. The minimum Gasteiger partial charge on any atom is -0.297 e. The summed E-state index contributed by atoms with van der Waals surface area (Å²) in [6.45, 7) is 0. The van der Waals surface area contributed by atoms with Crippen LogP contribution in [0.2, 0.25) is 0 Å². The van der Waals surface area contributed by atoms with Gasteiger partial charge in [-0.1, -0.05) is 28.2 Å². The number of hydrogen-bond donors (Lipinski definition) is 1. The summed E-state index contributed by atoms with van der Waals surface area (Å²) in [4.78, 5) is 15.1. The highest BCUT2D eigenvalue weighted by Crippen LogP contribution is 2.15. The van der Waals surface area contributed by atoms with Crippen molar-refractivity contribution in [3.63, 3.8) is 0 Å². The average Bonchev–Trinajstić information content (AvgIpc) is 2.93. The maximum Gasteiger partial charge on any atom is 0.382 e. The molecule has 11 heteroatoms. The molecule has 0 fully saturated rings. The molecular weight excluding hydrogens is 328 g/mol. The smallest absolute Gasteiger partial charge is 0.297 e. The van der Waals surface area contributed by atoms with Crippen molar-refractivity contribution in [1.29, 1.82) is 0 Å². The van der Waals surface area contributed by atoms with Crippen LogP contribution in [0.25, 0.3) is 17.2 Å². The topological polar surface area (TPSA) is 154 Å². The van der Waals surface area contributed by atoms with E-state index in [0.717, 1.165) is 11.5 Å². The Morgan fingerprint density at radius 1 is 1.04 bits per heavy atom. The molecule has 0 spiro atoms. The molecule has 10 nitrogen and oxygen atoms in total. The van der Waals surface area contributed by atoms with Gasteiger partial charge in [0.1, 0.15) is 0 Å². The number of hydrogen-bond acceptors (Lipinski definition) is 8. The van der Waals surface area contributed by atoms with E-state index in [-0.39, 0.29) is 0 Å². The number of fused-ring (bicyclic) bond motifs is 1. The zero-order valence-electron chi connectivity index (χ0n) is 12.2. The van der Waals surface area contributed by atoms with Crippen molar-refractivity contribution in [2.75, 3.05) is 19.0 Å². The summed E-state index contributed by atoms with van der Waals surface area (Å²) < 4.78 is 35.7. The first kappa shape index (κ1) is 17.0. The lowest BCUT2D eigenvalue weighted by Crippen LogP contribution is -2.68. The lowest BCUT2D eigenvalue weighted by Gasteiger charge is -2.17. The number of rotatable bonds is 2. The van der Waals surface area contributed by atoms with Crippen molar-refractivity contribution in [3.8, 4) is 11.4 Å². The van der Waals surface area contributed by atoms with E-state index in [2.05, 4.69) is 20.1 Å². The van der Waals surface area contributed by atoms with Crippen molar-refractivity contribution in [3.05, 3.63) is 36.7 Å². The standard InChI is InChI=1S/C12H12N6.ClHO4/c1-17(2)12-16-10(9-6-4-3-5-7-9)15-11-13-8-14-18(11)12;2-1(3,4)5/h3-8H,1-2H3;(H,2,3,4,5). The number of nitrogens with zero attached hydrogens (tertiary/aromatic N) is 5. The Kier molecular flexibility index (Phi) is 5.03. The number of anilines is 1. The number of halogens is 1. The second-order valence-corrected chi connectivity index (χ2v) is 5.26. The zero-order valence-corrected chi connectivity index (χ0v) is 13.0. The van der Waals surface area contributed by atoms with Crippen LogP contribution in [0.15, 0.2) is 36.7 Å². The van der Waals surface area contributed by atoms with Crippen LogP contribution in [0.3, 0.4) is 0 Å². The molecule has 0 aliphatic rings. The first-order valence-electron chi connectivity index (χ1n) is 6.23. The molecule has 0 unspecified atom stereocenters. The average molecular weight is 341 g/mol. The molecule has 0 saturated heterocycles. The molecule has 0 aliphatic carbocycles. The van der Waals surface area contributed by atoms with E-state index in [1.807, 2.05) is 49.3 Å². The maximum atomic E-state index is 8.49. The molecule has 23 heavy (non-hydrogen) atoms. The van der Waals surface area contributed by atoms with Gasteiger partial charge in [0.15, 0.2) is 6.33 Å². The lowest BCUT2D eigenvalue weighted by molar-refractivity contribution is -2.00. The SMILES string of the molecule is CN(C)c1nc(-c2ccccc2)nc2nc[nH][n+]12.[O-][Cl+3]([O-])([O-])[O-]. The summed E-state index contributed by atoms with van der Waals surface area (Å²) in [5.74, 6) is 2.04. The Labute approximate surface area is 133 Å². The second kappa shape index (κ2) is 6.81. The van der Waals surface area contributed by atoms with Gasteiger partial charge < -0.3 is 0 Å². The van der Waals surface area contributed by atoms with Crippen LogP contribution >= 0.6 is 0 Å². The van der Waals surface area contributed by atoms with Gasteiger partial charge in [0.25, 0.3) is 5.82 Å². The Morgan fingerprint density at radius 2 is 1.65 bits per heavy atom. The van der Waals surface area contributed by atoms with Crippen LogP contribution in [-0.2, 0) is 0 Å². The first-order valence-corrected chi connectivity index (χ1v) is 7.47. The van der Waals surface area contributed by atoms with Gasteiger partial charge in [-0.05, 0) is 12.1 Å². The quantitative estimate of drug-likeness (QED) is 0.462. The van der Waals surface area contributed by atoms with Gasteiger partial charge in [0, 0.05) is 19.7 Å². The van der Waals surface area contributed by atoms with Crippen LogP contribution in [0, 0.1) is 10.2 Å². The van der Waals surface area contributed by atoms with E-state index in [1.54, 1.807) is 10.8 Å². The minimum atomic E-state index is -4.94. The largest absolute Gasteiger partial charge is 0.382 e. The van der Waals surface area contributed by atoms with E-state index in [4.69, 9.17) is 18.6 Å². The summed E-state index contributed by atoms with van der Waals surface area (Å²) in [6.07, 6.45) is 1.60. The van der Waals surface area contributed by atoms with E-state index < -0.39 is 10.2 Å². The highest BCUT2D eigenvalue weighted by Gasteiger charge is 2.19. The fraction of sp³-hybridized carbons (Fsp3) is 0.167. The van der Waals surface area contributed by atoms with Crippen molar-refractivity contribution >= 4 is 11.7 Å². The lowest BCUT2D eigenvalue weighted by atomic mass is 10.2. The van der Waals surface area contributed by atoms with Crippen molar-refractivity contribution in [2.24, 2.45) is 0 Å². The molecule has 2 heterocycles. The Morgan fingerprint density at radius 3 is 2.22 bits per heavy atom. The highest BCUT2D eigenvalue weighted by atomic mass is 35.7. The van der Waals surface area contributed by atoms with Gasteiger partial charge in [-0.3, -0.25) is 4.90 Å². The molecule has 3 rings (SSSR count). The van der Waals surface area contributed by atoms with Crippen LogP contribution in [-0.4, -0.2) is 34.1 Å². The Hall–Kier alpha value is -2.37. The van der Waals surface area contributed by atoms with E-state index in [9.17, 15) is 0 Å². The molecular formula is C12H13ClN6O4. The third kappa shape index (κ3) is 4.81. The molecule has 3 aromatic rings. The van der Waals surface area contributed by atoms with Gasteiger partial charge >= 0.3 is 11.7 Å². The number of aromatic nitrogens is 5. The molecule has 1 aromatic carbocycles.